The first-order chi connectivity index (χ1) is 8.40. The predicted octanol–water partition coefficient (Wildman–Crippen LogP) is 1.87. The third kappa shape index (κ3) is 4.05. The van der Waals surface area contributed by atoms with Crippen molar-refractivity contribution in [1.82, 2.24) is 5.32 Å². The van der Waals surface area contributed by atoms with E-state index in [1.54, 1.807) is 0 Å². The van der Waals surface area contributed by atoms with Gasteiger partial charge in [0.2, 0.25) is 5.91 Å². The number of amides is 1. The van der Waals surface area contributed by atoms with E-state index in [0.717, 1.165) is 28.8 Å². The number of nitrogens with one attached hydrogen (secondary N) is 1. The molecule has 0 atom stereocenters. The average Bonchev–Trinajstić information content (AvgIpc) is 2.24. The summed E-state index contributed by atoms with van der Waals surface area (Å²) in [6, 6.07) is 4.11. The topological polar surface area (TPSA) is 66.4 Å². The van der Waals surface area contributed by atoms with Gasteiger partial charge < -0.3 is 10.4 Å². The molecule has 4 nitrogen and oxygen atoms in total. The Hall–Kier alpha value is -2.10. The summed E-state index contributed by atoms with van der Waals surface area (Å²) < 4.78 is 0. The molecule has 4 heteroatoms. The normalized spacial score (nSPS) is 10.6. The summed E-state index contributed by atoms with van der Waals surface area (Å²) in [5.41, 5.74) is 4.49. The van der Waals surface area contributed by atoms with Crippen LogP contribution in [0.2, 0.25) is 0 Å². The van der Waals surface area contributed by atoms with E-state index in [-0.39, 0.29) is 0 Å². The summed E-state index contributed by atoms with van der Waals surface area (Å²) in [6.45, 7) is 6.42. The van der Waals surface area contributed by atoms with Crippen molar-refractivity contribution < 1.29 is 14.7 Å². The van der Waals surface area contributed by atoms with Gasteiger partial charge in [0.15, 0.2) is 0 Å². The van der Waals surface area contributed by atoms with Crippen molar-refractivity contribution in [2.24, 2.45) is 0 Å². The summed E-state index contributed by atoms with van der Waals surface area (Å²) in [5, 5.41) is 11.1. The molecular weight excluding hydrogens is 230 g/mol. The summed E-state index contributed by atoms with van der Waals surface area (Å²) >= 11 is 0. The summed E-state index contributed by atoms with van der Waals surface area (Å²) in [6.07, 6.45) is 1.84. The van der Waals surface area contributed by atoms with Gasteiger partial charge in [-0.3, -0.25) is 4.79 Å². The van der Waals surface area contributed by atoms with E-state index in [1.165, 1.54) is 5.56 Å². The second-order valence-electron chi connectivity index (χ2n) is 4.27. The Bertz CT molecular complexity index is 481. The van der Waals surface area contributed by atoms with Crippen LogP contribution in [-0.2, 0) is 16.1 Å². The number of carbonyl (C=O) groups is 2. The highest BCUT2D eigenvalue weighted by Crippen LogP contribution is 2.15. The molecule has 18 heavy (non-hydrogen) atoms. The maximum atomic E-state index is 11.3. The first kappa shape index (κ1) is 14.0. The molecule has 1 aromatic carbocycles. The highest BCUT2D eigenvalue weighted by molar-refractivity contribution is 5.93. The van der Waals surface area contributed by atoms with Gasteiger partial charge in [0.05, 0.1) is 0 Å². The van der Waals surface area contributed by atoms with E-state index in [1.807, 2.05) is 20.8 Å². The number of aliphatic carboxylic acids is 1. The Morgan fingerprint density at radius 1 is 1.17 bits per heavy atom. The standard InChI is InChI=1S/C14H17NO3/c1-9-6-10(2)12(11(3)7-9)8-15-13(16)4-5-14(17)18/h4-7H,8H2,1-3H3,(H,15,16)(H,17,18)/b5-4+. The maximum absolute atomic E-state index is 11.3. The fourth-order valence-electron chi connectivity index (χ4n) is 1.87. The summed E-state index contributed by atoms with van der Waals surface area (Å²) in [4.78, 5) is 21.6. The highest BCUT2D eigenvalue weighted by Gasteiger charge is 2.05. The fourth-order valence-corrected chi connectivity index (χ4v) is 1.87. The van der Waals surface area contributed by atoms with Gasteiger partial charge in [0.25, 0.3) is 0 Å². The van der Waals surface area contributed by atoms with Crippen LogP contribution >= 0.6 is 0 Å². The van der Waals surface area contributed by atoms with Gasteiger partial charge in [0, 0.05) is 18.7 Å². The van der Waals surface area contributed by atoms with Crippen molar-refractivity contribution in [2.75, 3.05) is 0 Å². The molecule has 0 saturated heterocycles. The third-order valence-corrected chi connectivity index (χ3v) is 2.66. The van der Waals surface area contributed by atoms with Gasteiger partial charge in [-0.1, -0.05) is 17.7 Å². The van der Waals surface area contributed by atoms with E-state index >= 15 is 0 Å². The molecule has 0 bridgehead atoms. The van der Waals surface area contributed by atoms with Crippen LogP contribution in [0.1, 0.15) is 22.3 Å². The van der Waals surface area contributed by atoms with Crippen LogP contribution < -0.4 is 5.32 Å². The zero-order chi connectivity index (χ0) is 13.7. The number of rotatable bonds is 4. The molecular formula is C14H17NO3. The lowest BCUT2D eigenvalue weighted by molar-refractivity contribution is -0.131. The lowest BCUT2D eigenvalue weighted by atomic mass is 10.00. The van der Waals surface area contributed by atoms with Crippen molar-refractivity contribution in [3.05, 3.63) is 46.5 Å². The minimum Gasteiger partial charge on any atom is -0.478 e. The van der Waals surface area contributed by atoms with E-state index in [0.29, 0.717) is 6.54 Å². The monoisotopic (exact) mass is 247 g/mol. The van der Waals surface area contributed by atoms with Crippen molar-refractivity contribution >= 4 is 11.9 Å². The summed E-state index contributed by atoms with van der Waals surface area (Å²) in [5.74, 6) is -1.54. The van der Waals surface area contributed by atoms with Gasteiger partial charge in [0.1, 0.15) is 0 Å². The molecule has 0 heterocycles. The number of hydrogen-bond acceptors (Lipinski definition) is 2. The molecule has 1 rings (SSSR count). The van der Waals surface area contributed by atoms with Crippen LogP contribution in [0.3, 0.4) is 0 Å². The van der Waals surface area contributed by atoms with Crippen molar-refractivity contribution in [1.29, 1.82) is 0 Å². The largest absolute Gasteiger partial charge is 0.478 e. The Balaban J connectivity index is 2.70. The number of carboxylic acids is 1. The molecule has 0 saturated carbocycles. The van der Waals surface area contributed by atoms with Crippen LogP contribution in [0.15, 0.2) is 24.3 Å². The minimum absolute atomic E-state index is 0.404. The molecule has 0 aliphatic carbocycles. The zero-order valence-corrected chi connectivity index (χ0v) is 10.8. The number of benzene rings is 1. The fraction of sp³-hybridized carbons (Fsp3) is 0.286. The van der Waals surface area contributed by atoms with Gasteiger partial charge >= 0.3 is 5.97 Å². The molecule has 1 amide bonds. The van der Waals surface area contributed by atoms with Crippen molar-refractivity contribution in [3.8, 4) is 0 Å². The molecule has 0 spiro atoms. The molecule has 0 aromatic heterocycles. The van der Waals surface area contributed by atoms with Gasteiger partial charge in [-0.05, 0) is 37.5 Å². The average molecular weight is 247 g/mol. The lowest BCUT2D eigenvalue weighted by Gasteiger charge is -2.11. The van der Waals surface area contributed by atoms with Gasteiger partial charge in [-0.25, -0.2) is 4.79 Å². The van der Waals surface area contributed by atoms with Crippen molar-refractivity contribution in [2.45, 2.75) is 27.3 Å². The number of hydrogen-bond donors (Lipinski definition) is 2. The van der Waals surface area contributed by atoms with Crippen LogP contribution in [-0.4, -0.2) is 17.0 Å². The van der Waals surface area contributed by atoms with E-state index in [9.17, 15) is 9.59 Å². The van der Waals surface area contributed by atoms with Gasteiger partial charge in [-0.15, -0.1) is 0 Å². The lowest BCUT2D eigenvalue weighted by Crippen LogP contribution is -2.21. The van der Waals surface area contributed by atoms with E-state index in [4.69, 9.17) is 5.11 Å². The Kier molecular flexibility index (Phi) is 4.66. The van der Waals surface area contributed by atoms with Gasteiger partial charge in [-0.2, -0.15) is 0 Å². The molecule has 0 radical (unpaired) electrons. The smallest absolute Gasteiger partial charge is 0.328 e. The molecule has 96 valence electrons. The number of carboxylic acid groups (broad SMARTS) is 1. The second-order valence-corrected chi connectivity index (χ2v) is 4.27. The number of carbonyl (C=O) groups excluding carboxylic acids is 1. The van der Waals surface area contributed by atoms with Crippen LogP contribution in [0.4, 0.5) is 0 Å². The third-order valence-electron chi connectivity index (χ3n) is 2.66. The molecule has 0 aliphatic rings. The van der Waals surface area contributed by atoms with E-state index < -0.39 is 11.9 Å². The van der Waals surface area contributed by atoms with Crippen LogP contribution in [0.25, 0.3) is 0 Å². The summed E-state index contributed by atoms with van der Waals surface area (Å²) in [7, 11) is 0. The van der Waals surface area contributed by atoms with Crippen LogP contribution in [0.5, 0.6) is 0 Å². The maximum Gasteiger partial charge on any atom is 0.328 e. The first-order valence-electron chi connectivity index (χ1n) is 5.65. The Morgan fingerprint density at radius 3 is 2.22 bits per heavy atom. The number of aryl methyl sites for hydroxylation is 3. The second kappa shape index (κ2) is 6.00. The van der Waals surface area contributed by atoms with Crippen molar-refractivity contribution in [3.63, 3.8) is 0 Å². The molecule has 2 N–H and O–H groups in total. The van der Waals surface area contributed by atoms with E-state index in [2.05, 4.69) is 17.4 Å². The van der Waals surface area contributed by atoms with Crippen LogP contribution in [0, 0.1) is 20.8 Å². The first-order valence-corrected chi connectivity index (χ1v) is 5.65. The quantitative estimate of drug-likeness (QED) is 0.798. The predicted molar refractivity (Wildman–Crippen MR) is 69.3 cm³/mol. The highest BCUT2D eigenvalue weighted by atomic mass is 16.4. The molecule has 0 fully saturated rings. The minimum atomic E-state index is -1.13. The SMILES string of the molecule is Cc1cc(C)c(CNC(=O)/C=C/C(=O)O)c(C)c1. The molecule has 1 aromatic rings. The Morgan fingerprint density at radius 2 is 1.72 bits per heavy atom. The molecule has 0 aliphatic heterocycles. The Labute approximate surface area is 106 Å². The zero-order valence-electron chi connectivity index (χ0n) is 10.8. The molecule has 0 unspecified atom stereocenters.